The molecule has 7 heteroatoms. The molecule has 4 nitrogen and oxygen atoms in total. The molecule has 0 aliphatic heterocycles. The zero-order chi connectivity index (χ0) is 14.9. The summed E-state index contributed by atoms with van der Waals surface area (Å²) in [5, 5.41) is 2.49. The number of carbonyl (C=O) groups excluding carboxylic acids is 1. The standard InChI is InChI=1S/C13H10F3N3O/c14-7-2-4-9(12(16)11(7)15)19-10-5-6(13(18)20)1-3-8(10)17/h1-5,19H,17H2,(H2,18,20). The Bertz CT molecular complexity index is 689. The molecule has 0 saturated heterocycles. The van der Waals surface area contributed by atoms with Crippen molar-refractivity contribution in [3.8, 4) is 0 Å². The van der Waals surface area contributed by atoms with Gasteiger partial charge < -0.3 is 16.8 Å². The van der Waals surface area contributed by atoms with Gasteiger partial charge in [-0.15, -0.1) is 0 Å². The largest absolute Gasteiger partial charge is 0.397 e. The summed E-state index contributed by atoms with van der Waals surface area (Å²) in [6, 6.07) is 5.86. The van der Waals surface area contributed by atoms with Crippen LogP contribution >= 0.6 is 0 Å². The molecule has 20 heavy (non-hydrogen) atoms. The van der Waals surface area contributed by atoms with E-state index in [9.17, 15) is 18.0 Å². The number of nitrogen functional groups attached to an aromatic ring is 1. The minimum atomic E-state index is -1.60. The highest BCUT2D eigenvalue weighted by molar-refractivity contribution is 5.95. The molecular weight excluding hydrogens is 271 g/mol. The predicted octanol–water partition coefficient (Wildman–Crippen LogP) is 2.53. The first kappa shape index (κ1) is 13.7. The molecule has 2 rings (SSSR count). The Morgan fingerprint density at radius 1 is 1.00 bits per heavy atom. The van der Waals surface area contributed by atoms with Gasteiger partial charge in [-0.05, 0) is 30.3 Å². The molecule has 2 aromatic rings. The highest BCUT2D eigenvalue weighted by Crippen LogP contribution is 2.27. The third-order valence-electron chi connectivity index (χ3n) is 2.64. The third kappa shape index (κ3) is 2.51. The lowest BCUT2D eigenvalue weighted by Crippen LogP contribution is -2.11. The maximum Gasteiger partial charge on any atom is 0.248 e. The Balaban J connectivity index is 2.42. The SMILES string of the molecule is NC(=O)c1ccc(N)c(Nc2ccc(F)c(F)c2F)c1. The summed E-state index contributed by atoms with van der Waals surface area (Å²) in [4.78, 5) is 11.1. The second kappa shape index (κ2) is 5.12. The Kier molecular flexibility index (Phi) is 3.51. The van der Waals surface area contributed by atoms with Gasteiger partial charge in [-0.2, -0.15) is 0 Å². The van der Waals surface area contributed by atoms with E-state index in [-0.39, 0.29) is 22.6 Å². The molecule has 0 heterocycles. The van der Waals surface area contributed by atoms with Crippen LogP contribution < -0.4 is 16.8 Å². The third-order valence-corrected chi connectivity index (χ3v) is 2.64. The molecule has 5 N–H and O–H groups in total. The fourth-order valence-corrected chi connectivity index (χ4v) is 1.59. The number of hydrogen-bond donors (Lipinski definition) is 3. The van der Waals surface area contributed by atoms with Crippen LogP contribution in [0.1, 0.15) is 10.4 Å². The highest BCUT2D eigenvalue weighted by Gasteiger charge is 2.14. The van der Waals surface area contributed by atoms with Crippen LogP contribution in [-0.4, -0.2) is 5.91 Å². The lowest BCUT2D eigenvalue weighted by Gasteiger charge is -2.11. The van der Waals surface area contributed by atoms with E-state index in [1.807, 2.05) is 0 Å². The fraction of sp³-hybridized carbons (Fsp3) is 0. The number of nitrogens with two attached hydrogens (primary N) is 2. The first-order chi connectivity index (χ1) is 9.40. The summed E-state index contributed by atoms with van der Waals surface area (Å²) in [5.74, 6) is -4.97. The molecule has 0 aliphatic rings. The van der Waals surface area contributed by atoms with E-state index in [4.69, 9.17) is 11.5 Å². The smallest absolute Gasteiger partial charge is 0.248 e. The van der Waals surface area contributed by atoms with Crippen molar-refractivity contribution in [3.05, 3.63) is 53.3 Å². The number of halogens is 3. The van der Waals surface area contributed by atoms with Gasteiger partial charge in [0.1, 0.15) is 0 Å². The van der Waals surface area contributed by atoms with Crippen molar-refractivity contribution in [1.82, 2.24) is 0 Å². The van der Waals surface area contributed by atoms with Crippen LogP contribution in [0.25, 0.3) is 0 Å². The van der Waals surface area contributed by atoms with Gasteiger partial charge in [0.05, 0.1) is 17.1 Å². The number of primary amides is 1. The Morgan fingerprint density at radius 3 is 2.35 bits per heavy atom. The van der Waals surface area contributed by atoms with E-state index in [1.165, 1.54) is 18.2 Å². The second-order valence-electron chi connectivity index (χ2n) is 4.01. The molecule has 0 atom stereocenters. The first-order valence-corrected chi connectivity index (χ1v) is 5.50. The topological polar surface area (TPSA) is 81.1 Å². The van der Waals surface area contributed by atoms with Crippen LogP contribution in [0.3, 0.4) is 0 Å². The molecule has 0 bridgehead atoms. The molecule has 0 radical (unpaired) electrons. The minimum absolute atomic E-state index is 0.143. The molecule has 2 aromatic carbocycles. The summed E-state index contributed by atoms with van der Waals surface area (Å²) >= 11 is 0. The Labute approximate surface area is 112 Å². The Hall–Kier alpha value is -2.70. The zero-order valence-electron chi connectivity index (χ0n) is 10.1. The average Bonchev–Trinajstić information content (AvgIpc) is 2.41. The van der Waals surface area contributed by atoms with Crippen molar-refractivity contribution in [1.29, 1.82) is 0 Å². The quantitative estimate of drug-likeness (QED) is 0.597. The molecular formula is C13H10F3N3O. The van der Waals surface area contributed by atoms with Crippen molar-refractivity contribution < 1.29 is 18.0 Å². The van der Waals surface area contributed by atoms with Gasteiger partial charge in [-0.3, -0.25) is 4.79 Å². The number of amides is 1. The van der Waals surface area contributed by atoms with E-state index in [0.29, 0.717) is 0 Å². The number of hydrogen-bond acceptors (Lipinski definition) is 3. The van der Waals surface area contributed by atoms with Crippen molar-refractivity contribution in [3.63, 3.8) is 0 Å². The van der Waals surface area contributed by atoms with Crippen molar-refractivity contribution >= 4 is 23.0 Å². The van der Waals surface area contributed by atoms with Gasteiger partial charge in [0.2, 0.25) is 5.91 Å². The molecule has 0 aromatic heterocycles. The van der Waals surface area contributed by atoms with Gasteiger partial charge in [-0.1, -0.05) is 0 Å². The number of benzene rings is 2. The minimum Gasteiger partial charge on any atom is -0.397 e. The van der Waals surface area contributed by atoms with Gasteiger partial charge in [0.25, 0.3) is 0 Å². The lowest BCUT2D eigenvalue weighted by atomic mass is 10.1. The molecule has 0 saturated carbocycles. The summed E-state index contributed by atoms with van der Waals surface area (Å²) in [6.07, 6.45) is 0. The van der Waals surface area contributed by atoms with Crippen LogP contribution in [0.5, 0.6) is 0 Å². The highest BCUT2D eigenvalue weighted by atomic mass is 19.2. The summed E-state index contributed by atoms with van der Waals surface area (Å²) in [7, 11) is 0. The molecule has 0 unspecified atom stereocenters. The molecule has 0 fully saturated rings. The Morgan fingerprint density at radius 2 is 1.70 bits per heavy atom. The van der Waals surface area contributed by atoms with E-state index in [0.717, 1.165) is 12.1 Å². The second-order valence-corrected chi connectivity index (χ2v) is 4.01. The van der Waals surface area contributed by atoms with E-state index in [1.54, 1.807) is 0 Å². The fourth-order valence-electron chi connectivity index (χ4n) is 1.59. The summed E-state index contributed by atoms with van der Waals surface area (Å²) in [6.45, 7) is 0. The summed E-state index contributed by atoms with van der Waals surface area (Å²) < 4.78 is 39.5. The molecule has 1 amide bonds. The van der Waals surface area contributed by atoms with Crippen molar-refractivity contribution in [2.75, 3.05) is 11.1 Å². The first-order valence-electron chi connectivity index (χ1n) is 5.50. The number of carbonyl (C=O) groups is 1. The molecule has 0 spiro atoms. The van der Waals surface area contributed by atoms with Gasteiger partial charge >= 0.3 is 0 Å². The normalized spacial score (nSPS) is 10.3. The average molecular weight is 281 g/mol. The summed E-state index contributed by atoms with van der Waals surface area (Å²) in [5.41, 5.74) is 10.9. The van der Waals surface area contributed by atoms with Crippen LogP contribution in [0.2, 0.25) is 0 Å². The van der Waals surface area contributed by atoms with E-state index >= 15 is 0 Å². The monoisotopic (exact) mass is 281 g/mol. The maximum atomic E-state index is 13.5. The number of nitrogens with one attached hydrogen (secondary N) is 1. The van der Waals surface area contributed by atoms with Crippen molar-refractivity contribution in [2.24, 2.45) is 5.73 Å². The number of anilines is 3. The molecule has 104 valence electrons. The van der Waals surface area contributed by atoms with E-state index < -0.39 is 23.4 Å². The van der Waals surface area contributed by atoms with Gasteiger partial charge in [0.15, 0.2) is 17.5 Å². The lowest BCUT2D eigenvalue weighted by molar-refractivity contribution is 0.100. The van der Waals surface area contributed by atoms with Crippen LogP contribution in [0, 0.1) is 17.5 Å². The van der Waals surface area contributed by atoms with Gasteiger partial charge in [0, 0.05) is 5.56 Å². The predicted molar refractivity (Wildman–Crippen MR) is 69.0 cm³/mol. The zero-order valence-corrected chi connectivity index (χ0v) is 10.1. The number of rotatable bonds is 3. The maximum absolute atomic E-state index is 13.5. The van der Waals surface area contributed by atoms with Crippen LogP contribution in [0.15, 0.2) is 30.3 Å². The molecule has 0 aliphatic carbocycles. The van der Waals surface area contributed by atoms with Gasteiger partial charge in [-0.25, -0.2) is 13.2 Å². The van der Waals surface area contributed by atoms with Crippen LogP contribution in [-0.2, 0) is 0 Å². The van der Waals surface area contributed by atoms with Crippen LogP contribution in [0.4, 0.5) is 30.2 Å². The van der Waals surface area contributed by atoms with Crippen molar-refractivity contribution in [2.45, 2.75) is 0 Å². The van der Waals surface area contributed by atoms with E-state index in [2.05, 4.69) is 5.32 Å².